The van der Waals surface area contributed by atoms with Crippen molar-refractivity contribution in [2.75, 3.05) is 25.7 Å². The van der Waals surface area contributed by atoms with Gasteiger partial charge in [0.1, 0.15) is 19.0 Å². The zero-order chi connectivity index (χ0) is 14.1. The summed E-state index contributed by atoms with van der Waals surface area (Å²) in [5, 5.41) is 0. The topological polar surface area (TPSA) is 18.5 Å². The van der Waals surface area contributed by atoms with Gasteiger partial charge in [0, 0.05) is 5.56 Å². The van der Waals surface area contributed by atoms with Crippen molar-refractivity contribution < 1.29 is 22.6 Å². The van der Waals surface area contributed by atoms with Crippen molar-refractivity contribution in [3.8, 4) is 17.6 Å². The highest BCUT2D eigenvalue weighted by Crippen LogP contribution is 2.14. The number of benzene rings is 1. The van der Waals surface area contributed by atoms with Crippen LogP contribution in [0.15, 0.2) is 24.3 Å². The maximum absolute atomic E-state index is 11.8. The van der Waals surface area contributed by atoms with Crippen molar-refractivity contribution >= 4 is 11.6 Å². The number of halogens is 4. The second-order valence-electron chi connectivity index (χ2n) is 3.48. The van der Waals surface area contributed by atoms with Gasteiger partial charge in [-0.3, -0.25) is 0 Å². The average molecular weight is 293 g/mol. The van der Waals surface area contributed by atoms with Gasteiger partial charge in [0.2, 0.25) is 0 Å². The molecule has 0 fully saturated rings. The SMILES string of the molecule is FC(F)(F)COCCOc1ccc(C#CCCl)cc1. The zero-order valence-electron chi connectivity index (χ0n) is 9.97. The van der Waals surface area contributed by atoms with Crippen LogP contribution in [-0.4, -0.2) is 31.9 Å². The molecule has 19 heavy (non-hydrogen) atoms. The maximum atomic E-state index is 11.8. The van der Waals surface area contributed by atoms with Gasteiger partial charge in [0.25, 0.3) is 0 Å². The van der Waals surface area contributed by atoms with Gasteiger partial charge in [-0.15, -0.1) is 11.6 Å². The third kappa shape index (κ3) is 7.60. The molecule has 0 aliphatic heterocycles. The fourth-order valence-electron chi connectivity index (χ4n) is 1.18. The lowest BCUT2D eigenvalue weighted by molar-refractivity contribution is -0.175. The van der Waals surface area contributed by atoms with E-state index in [1.807, 2.05) is 0 Å². The first-order valence-corrected chi connectivity index (χ1v) is 5.97. The Hall–Kier alpha value is -1.38. The van der Waals surface area contributed by atoms with Crippen LogP contribution < -0.4 is 4.74 Å². The van der Waals surface area contributed by atoms with Gasteiger partial charge in [-0.1, -0.05) is 11.8 Å². The molecule has 2 nitrogen and oxygen atoms in total. The molecule has 0 spiro atoms. The first kappa shape index (κ1) is 15.7. The molecule has 1 aromatic rings. The summed E-state index contributed by atoms with van der Waals surface area (Å²) < 4.78 is 44.9. The maximum Gasteiger partial charge on any atom is 0.411 e. The third-order valence-corrected chi connectivity index (χ3v) is 2.05. The molecule has 0 radical (unpaired) electrons. The highest BCUT2D eigenvalue weighted by Gasteiger charge is 2.27. The van der Waals surface area contributed by atoms with E-state index in [4.69, 9.17) is 16.3 Å². The summed E-state index contributed by atoms with van der Waals surface area (Å²) in [6, 6.07) is 6.85. The number of alkyl halides is 4. The molecule has 0 saturated heterocycles. The molecule has 6 heteroatoms. The van der Waals surface area contributed by atoms with Crippen LogP contribution in [0.2, 0.25) is 0 Å². The normalized spacial score (nSPS) is 10.7. The van der Waals surface area contributed by atoms with Crippen LogP contribution in [0.25, 0.3) is 0 Å². The summed E-state index contributed by atoms with van der Waals surface area (Å²) in [4.78, 5) is 0. The lowest BCUT2D eigenvalue weighted by Crippen LogP contribution is -2.19. The Morgan fingerprint density at radius 3 is 2.37 bits per heavy atom. The minimum Gasteiger partial charge on any atom is -0.491 e. The van der Waals surface area contributed by atoms with Crippen LogP contribution in [0.3, 0.4) is 0 Å². The molecule has 0 bridgehead atoms. The average Bonchev–Trinajstić information content (AvgIpc) is 2.36. The van der Waals surface area contributed by atoms with Gasteiger partial charge in [-0.05, 0) is 24.3 Å². The summed E-state index contributed by atoms with van der Waals surface area (Å²) in [5.74, 6) is 6.34. The zero-order valence-corrected chi connectivity index (χ0v) is 10.7. The molecule has 0 aromatic heterocycles. The highest BCUT2D eigenvalue weighted by molar-refractivity contribution is 6.19. The molecule has 0 saturated carbocycles. The summed E-state index contributed by atoms with van der Waals surface area (Å²) in [6.45, 7) is -1.32. The van der Waals surface area contributed by atoms with E-state index >= 15 is 0 Å². The Kier molecular flexibility index (Phi) is 6.54. The van der Waals surface area contributed by atoms with Crippen molar-refractivity contribution in [1.29, 1.82) is 0 Å². The first-order valence-electron chi connectivity index (χ1n) is 5.43. The smallest absolute Gasteiger partial charge is 0.411 e. The third-order valence-electron chi connectivity index (χ3n) is 1.92. The van der Waals surface area contributed by atoms with E-state index in [-0.39, 0.29) is 19.1 Å². The highest BCUT2D eigenvalue weighted by atomic mass is 35.5. The van der Waals surface area contributed by atoms with Crippen molar-refractivity contribution in [3.05, 3.63) is 29.8 Å². The van der Waals surface area contributed by atoms with Gasteiger partial charge in [-0.25, -0.2) is 0 Å². The molecule has 0 heterocycles. The largest absolute Gasteiger partial charge is 0.491 e. The molecular formula is C13H12ClF3O2. The van der Waals surface area contributed by atoms with Gasteiger partial charge < -0.3 is 9.47 Å². The monoisotopic (exact) mass is 292 g/mol. The van der Waals surface area contributed by atoms with Crippen LogP contribution in [0.5, 0.6) is 5.75 Å². The quantitative estimate of drug-likeness (QED) is 0.471. The Balaban J connectivity index is 2.27. The number of hydrogen-bond acceptors (Lipinski definition) is 2. The molecule has 0 unspecified atom stereocenters. The Bertz CT molecular complexity index is 432. The van der Waals surface area contributed by atoms with Crippen LogP contribution in [0.4, 0.5) is 13.2 Å². The fraction of sp³-hybridized carbons (Fsp3) is 0.385. The van der Waals surface area contributed by atoms with Crippen molar-refractivity contribution in [2.24, 2.45) is 0 Å². The molecule has 0 atom stereocenters. The predicted octanol–water partition coefficient (Wildman–Crippen LogP) is 3.23. The Labute approximate surface area is 114 Å². The van der Waals surface area contributed by atoms with E-state index < -0.39 is 12.8 Å². The molecule has 0 aliphatic rings. The second kappa shape index (κ2) is 7.93. The van der Waals surface area contributed by atoms with Gasteiger partial charge >= 0.3 is 6.18 Å². The van der Waals surface area contributed by atoms with Crippen LogP contribution in [-0.2, 0) is 4.74 Å². The standard InChI is InChI=1S/C13H12ClF3O2/c14-7-1-2-11-3-5-12(6-4-11)19-9-8-18-10-13(15,16)17/h3-6H,7-10H2. The summed E-state index contributed by atoms with van der Waals surface area (Å²) >= 11 is 5.42. The fourth-order valence-corrected chi connectivity index (χ4v) is 1.24. The van der Waals surface area contributed by atoms with E-state index in [9.17, 15) is 13.2 Å². The van der Waals surface area contributed by atoms with Gasteiger partial charge in [0.05, 0.1) is 12.5 Å². The molecule has 104 valence electrons. The first-order chi connectivity index (χ1) is 9.01. The van der Waals surface area contributed by atoms with E-state index in [0.29, 0.717) is 5.75 Å². The van der Waals surface area contributed by atoms with Gasteiger partial charge in [-0.2, -0.15) is 13.2 Å². The second-order valence-corrected chi connectivity index (χ2v) is 3.74. The van der Waals surface area contributed by atoms with E-state index in [1.165, 1.54) is 0 Å². The summed E-state index contributed by atoms with van der Waals surface area (Å²) in [6.07, 6.45) is -4.30. The molecule has 0 aliphatic carbocycles. The summed E-state index contributed by atoms with van der Waals surface area (Å²) in [5.41, 5.74) is 0.793. The molecule has 1 rings (SSSR count). The minimum absolute atomic E-state index is 0.0583. The van der Waals surface area contributed by atoms with Gasteiger partial charge in [0.15, 0.2) is 0 Å². The molecular weight excluding hydrogens is 281 g/mol. The van der Waals surface area contributed by atoms with Crippen molar-refractivity contribution in [1.82, 2.24) is 0 Å². The Morgan fingerprint density at radius 2 is 1.79 bits per heavy atom. The van der Waals surface area contributed by atoms with Crippen LogP contribution in [0, 0.1) is 11.8 Å². The van der Waals surface area contributed by atoms with Crippen molar-refractivity contribution in [3.63, 3.8) is 0 Å². The lowest BCUT2D eigenvalue weighted by Gasteiger charge is -2.09. The Morgan fingerprint density at radius 1 is 1.11 bits per heavy atom. The molecule has 1 aromatic carbocycles. The number of rotatable bonds is 5. The number of hydrogen-bond donors (Lipinski definition) is 0. The van der Waals surface area contributed by atoms with Crippen LogP contribution in [0.1, 0.15) is 5.56 Å². The predicted molar refractivity (Wildman–Crippen MR) is 66.4 cm³/mol. The van der Waals surface area contributed by atoms with Crippen LogP contribution >= 0.6 is 11.6 Å². The minimum atomic E-state index is -4.30. The lowest BCUT2D eigenvalue weighted by atomic mass is 10.2. The number of ether oxygens (including phenoxy) is 2. The molecule has 0 amide bonds. The van der Waals surface area contributed by atoms with E-state index in [0.717, 1.165) is 5.56 Å². The van der Waals surface area contributed by atoms with Crippen molar-refractivity contribution in [2.45, 2.75) is 6.18 Å². The summed E-state index contributed by atoms with van der Waals surface area (Å²) in [7, 11) is 0. The van der Waals surface area contributed by atoms with E-state index in [2.05, 4.69) is 16.6 Å². The van der Waals surface area contributed by atoms with E-state index in [1.54, 1.807) is 24.3 Å². The molecule has 0 N–H and O–H groups in total.